The fraction of sp³-hybridized carbons (Fsp3) is 1.00. The Morgan fingerprint density at radius 2 is 1.88 bits per heavy atom. The Morgan fingerprint density at radius 3 is 1.88 bits per heavy atom. The summed E-state index contributed by atoms with van der Waals surface area (Å²) in [5.74, 6) is 0. The maximum absolute atomic E-state index is 5.90. The van der Waals surface area contributed by atoms with Crippen LogP contribution in [0.5, 0.6) is 0 Å². The fourth-order valence-corrected chi connectivity index (χ4v) is 0.551. The predicted molar refractivity (Wildman–Crippen MR) is 34.0 cm³/mol. The van der Waals surface area contributed by atoms with Crippen LogP contribution in [-0.2, 0) is 4.74 Å². The topological polar surface area (TPSA) is 12.5 Å². The third-order valence-electron chi connectivity index (χ3n) is 1.52. The van der Waals surface area contributed by atoms with Crippen molar-refractivity contribution in [3.05, 3.63) is 0 Å². The van der Waals surface area contributed by atoms with E-state index < -0.39 is 0 Å². The molecule has 0 radical (unpaired) electrons. The highest BCUT2D eigenvalue weighted by Crippen LogP contribution is 2.47. The van der Waals surface area contributed by atoms with Gasteiger partial charge in [0.25, 0.3) is 0 Å². The van der Waals surface area contributed by atoms with Crippen molar-refractivity contribution in [2.45, 2.75) is 25.8 Å². The lowest BCUT2D eigenvalue weighted by Crippen LogP contribution is -2.23. The first kappa shape index (κ1) is 6.37. The van der Waals surface area contributed by atoms with Crippen LogP contribution in [-0.4, -0.2) is 11.7 Å². The molecule has 2 heteroatoms. The van der Waals surface area contributed by atoms with Crippen LogP contribution < -0.4 is 0 Å². The average Bonchev–Trinajstić information content (AvgIpc) is 2.16. The van der Waals surface area contributed by atoms with Crippen LogP contribution in [0.3, 0.4) is 0 Å². The van der Waals surface area contributed by atoms with Gasteiger partial charge in [-0.25, -0.2) is 0 Å². The van der Waals surface area contributed by atoms with Gasteiger partial charge in [0.2, 0.25) is 0 Å². The van der Waals surface area contributed by atoms with Crippen molar-refractivity contribution in [1.29, 1.82) is 0 Å². The Labute approximate surface area is 55.0 Å². The van der Waals surface area contributed by atoms with E-state index in [1.165, 1.54) is 0 Å². The van der Waals surface area contributed by atoms with Crippen molar-refractivity contribution in [2.24, 2.45) is 5.41 Å². The van der Waals surface area contributed by atoms with Gasteiger partial charge in [0.05, 0.1) is 6.61 Å². The van der Waals surface area contributed by atoms with Crippen molar-refractivity contribution in [1.82, 2.24) is 0 Å². The minimum absolute atomic E-state index is 0.0918. The molecule has 1 aliphatic heterocycles. The van der Waals surface area contributed by atoms with Gasteiger partial charge >= 0.3 is 0 Å². The summed E-state index contributed by atoms with van der Waals surface area (Å²) in [5.41, 5.74) is 0.0918. The molecule has 0 aliphatic carbocycles. The zero-order valence-electron chi connectivity index (χ0n) is 5.49. The van der Waals surface area contributed by atoms with Gasteiger partial charge in [0.15, 0.2) is 5.06 Å². The summed E-state index contributed by atoms with van der Waals surface area (Å²) in [6.07, 6.45) is 0. The minimum Gasteiger partial charge on any atom is -0.352 e. The first-order chi connectivity index (χ1) is 3.46. The van der Waals surface area contributed by atoms with E-state index >= 15 is 0 Å². The second-order valence-corrected chi connectivity index (χ2v) is 3.88. The third-order valence-corrected chi connectivity index (χ3v) is 2.30. The van der Waals surface area contributed by atoms with Crippen molar-refractivity contribution in [2.75, 3.05) is 6.61 Å². The smallest absolute Gasteiger partial charge is 0.169 e. The van der Waals surface area contributed by atoms with E-state index in [4.69, 9.17) is 16.3 Å². The Kier molecular flexibility index (Phi) is 1.11. The molecule has 1 fully saturated rings. The standard InChI is InChI=1S/C6H11ClO/c1-5(2,3)6(7)4-8-6/h4H2,1-3H3. The van der Waals surface area contributed by atoms with Crippen LogP contribution in [0, 0.1) is 5.41 Å². The lowest BCUT2D eigenvalue weighted by atomic mass is 9.92. The highest BCUT2D eigenvalue weighted by atomic mass is 35.5. The molecule has 0 bridgehead atoms. The summed E-state index contributed by atoms with van der Waals surface area (Å²) in [4.78, 5) is 0. The van der Waals surface area contributed by atoms with E-state index in [-0.39, 0.29) is 10.5 Å². The zero-order valence-corrected chi connectivity index (χ0v) is 6.25. The highest BCUT2D eigenvalue weighted by Gasteiger charge is 2.52. The first-order valence-electron chi connectivity index (χ1n) is 2.79. The summed E-state index contributed by atoms with van der Waals surface area (Å²) < 4.78 is 5.03. The Morgan fingerprint density at radius 1 is 1.50 bits per heavy atom. The molecule has 8 heavy (non-hydrogen) atoms. The molecule has 1 saturated heterocycles. The zero-order chi connectivity index (χ0) is 6.41. The highest BCUT2D eigenvalue weighted by molar-refractivity contribution is 6.25. The van der Waals surface area contributed by atoms with Gasteiger partial charge in [-0.15, -0.1) is 0 Å². The second kappa shape index (κ2) is 1.39. The molecule has 1 heterocycles. The fourth-order valence-electron chi connectivity index (χ4n) is 0.496. The first-order valence-corrected chi connectivity index (χ1v) is 3.16. The van der Waals surface area contributed by atoms with Crippen LogP contribution in [0.4, 0.5) is 0 Å². The van der Waals surface area contributed by atoms with Crippen LogP contribution in [0.1, 0.15) is 20.8 Å². The number of halogens is 1. The molecular formula is C6H11ClO. The largest absolute Gasteiger partial charge is 0.352 e. The summed E-state index contributed by atoms with van der Waals surface area (Å²) in [7, 11) is 0. The lowest BCUT2D eigenvalue weighted by Gasteiger charge is -2.20. The summed E-state index contributed by atoms with van der Waals surface area (Å²) >= 11 is 5.90. The monoisotopic (exact) mass is 134 g/mol. The Bertz CT molecular complexity index is 96.3. The molecule has 1 nitrogen and oxygen atoms in total. The Balaban J connectivity index is 2.58. The van der Waals surface area contributed by atoms with Crippen LogP contribution in [0.15, 0.2) is 0 Å². The molecule has 0 spiro atoms. The molecule has 0 N–H and O–H groups in total. The van der Waals surface area contributed by atoms with Gasteiger partial charge in [0.1, 0.15) is 0 Å². The average molecular weight is 135 g/mol. The number of epoxide rings is 1. The van der Waals surface area contributed by atoms with Crippen molar-refractivity contribution >= 4 is 11.6 Å². The third kappa shape index (κ3) is 0.848. The molecule has 48 valence electrons. The lowest BCUT2D eigenvalue weighted by molar-refractivity contribution is 0.231. The van der Waals surface area contributed by atoms with Gasteiger partial charge in [-0.05, 0) is 0 Å². The molecule has 0 aromatic rings. The van der Waals surface area contributed by atoms with Crippen LogP contribution in [0.2, 0.25) is 0 Å². The van der Waals surface area contributed by atoms with Crippen molar-refractivity contribution in [3.8, 4) is 0 Å². The number of alkyl halides is 1. The number of hydrogen-bond acceptors (Lipinski definition) is 1. The van der Waals surface area contributed by atoms with E-state index in [0.717, 1.165) is 0 Å². The molecule has 1 aliphatic rings. The molecule has 0 aromatic heterocycles. The minimum atomic E-state index is -0.340. The molecule has 0 amide bonds. The number of hydrogen-bond donors (Lipinski definition) is 0. The predicted octanol–water partition coefficient (Wildman–Crippen LogP) is 2.00. The molecule has 1 unspecified atom stereocenters. The van der Waals surface area contributed by atoms with Gasteiger partial charge in [-0.1, -0.05) is 32.4 Å². The molecule has 1 atom stereocenters. The second-order valence-electron chi connectivity index (χ2n) is 3.27. The van der Waals surface area contributed by atoms with Gasteiger partial charge < -0.3 is 4.74 Å². The quantitative estimate of drug-likeness (QED) is 0.365. The molecule has 0 saturated carbocycles. The van der Waals surface area contributed by atoms with E-state index in [2.05, 4.69) is 20.8 Å². The summed E-state index contributed by atoms with van der Waals surface area (Å²) in [5, 5.41) is -0.340. The molecule has 1 rings (SSSR count). The number of ether oxygens (including phenoxy) is 1. The van der Waals surface area contributed by atoms with E-state index in [0.29, 0.717) is 6.61 Å². The van der Waals surface area contributed by atoms with Gasteiger partial charge in [0, 0.05) is 5.41 Å². The van der Waals surface area contributed by atoms with Crippen LogP contribution in [0.25, 0.3) is 0 Å². The molecule has 0 aromatic carbocycles. The van der Waals surface area contributed by atoms with Crippen molar-refractivity contribution < 1.29 is 4.74 Å². The van der Waals surface area contributed by atoms with E-state index in [1.807, 2.05) is 0 Å². The van der Waals surface area contributed by atoms with Gasteiger partial charge in [-0.3, -0.25) is 0 Å². The number of rotatable bonds is 0. The van der Waals surface area contributed by atoms with Crippen molar-refractivity contribution in [3.63, 3.8) is 0 Å². The maximum Gasteiger partial charge on any atom is 0.169 e. The Hall–Kier alpha value is 0.250. The normalized spacial score (nSPS) is 37.5. The van der Waals surface area contributed by atoms with Gasteiger partial charge in [-0.2, -0.15) is 0 Å². The maximum atomic E-state index is 5.90. The van der Waals surface area contributed by atoms with E-state index in [1.54, 1.807) is 0 Å². The SMILES string of the molecule is CC(C)(C)C1(Cl)CO1. The molecular weight excluding hydrogens is 124 g/mol. The van der Waals surface area contributed by atoms with Crippen LogP contribution >= 0.6 is 11.6 Å². The van der Waals surface area contributed by atoms with E-state index in [9.17, 15) is 0 Å². The summed E-state index contributed by atoms with van der Waals surface area (Å²) in [6, 6.07) is 0. The summed E-state index contributed by atoms with van der Waals surface area (Å²) in [6.45, 7) is 6.94.